The molecule has 0 bridgehead atoms. The van der Waals surface area contributed by atoms with Crippen molar-refractivity contribution >= 4 is 11.6 Å². The predicted molar refractivity (Wildman–Crippen MR) is 49.5 cm³/mol. The van der Waals surface area contributed by atoms with E-state index in [1.54, 1.807) is 0 Å². The number of nitrogen functional groups attached to an aromatic ring is 1. The van der Waals surface area contributed by atoms with Crippen LogP contribution >= 0.6 is 0 Å². The average Bonchev–Trinajstić information content (AvgIpc) is 2.60. The monoisotopic (exact) mass is 219 g/mol. The number of nitrogens with one attached hydrogen (secondary N) is 2. The first kappa shape index (κ1) is 11.4. The highest BCUT2D eigenvalue weighted by molar-refractivity contribution is 5.93. The fourth-order valence-electron chi connectivity index (χ4n) is 0.924. The van der Waals surface area contributed by atoms with E-state index in [9.17, 15) is 13.6 Å². The second-order valence-electron chi connectivity index (χ2n) is 2.96. The van der Waals surface area contributed by atoms with Crippen LogP contribution in [0.15, 0.2) is 12.3 Å². The molecular weight excluding hydrogens is 208 g/mol. The molecule has 1 aromatic heterocycles. The molecule has 1 atom stereocenters. The van der Waals surface area contributed by atoms with Crippen LogP contribution in [0, 0.1) is 0 Å². The summed E-state index contributed by atoms with van der Waals surface area (Å²) in [6.07, 6.45) is -3.33. The van der Waals surface area contributed by atoms with Crippen LogP contribution in [0.2, 0.25) is 0 Å². The zero-order chi connectivity index (χ0) is 11.4. The van der Waals surface area contributed by atoms with Crippen LogP contribution < -0.4 is 11.1 Å². The molecule has 0 aromatic carbocycles. The molecule has 1 amide bonds. The molecule has 7 heteroatoms. The van der Waals surface area contributed by atoms with Crippen molar-refractivity contribution in [1.82, 2.24) is 10.3 Å². The van der Waals surface area contributed by atoms with Gasteiger partial charge in [-0.1, -0.05) is 0 Å². The normalized spacial score (nSPS) is 12.8. The molecule has 0 saturated heterocycles. The van der Waals surface area contributed by atoms with Crippen LogP contribution in [-0.4, -0.2) is 35.1 Å². The topological polar surface area (TPSA) is 91.1 Å². The number of aliphatic hydroxyl groups excluding tert-OH is 1. The number of hydrogen-bond acceptors (Lipinski definition) is 3. The summed E-state index contributed by atoms with van der Waals surface area (Å²) in [7, 11) is 0. The molecule has 0 aliphatic carbocycles. The molecule has 0 spiro atoms. The lowest BCUT2D eigenvalue weighted by atomic mass is 10.3. The fraction of sp³-hybridized carbons (Fsp3) is 0.375. The summed E-state index contributed by atoms with van der Waals surface area (Å²) in [6, 6.07) is 1.37. The maximum absolute atomic E-state index is 11.9. The standard InChI is InChI=1S/C8H11F2N3O2/c9-7(10)6(14)3-13-8(15)5-1-4(11)2-12-5/h1-2,6-7,12,14H,3,11H2,(H,13,15). The number of nitrogens with two attached hydrogens (primary N) is 1. The van der Waals surface area contributed by atoms with Gasteiger partial charge in [0.25, 0.3) is 12.3 Å². The highest BCUT2D eigenvalue weighted by Gasteiger charge is 2.18. The predicted octanol–water partition coefficient (Wildman–Crippen LogP) is -0.0473. The Labute approximate surface area is 84.3 Å². The Kier molecular flexibility index (Phi) is 3.62. The maximum Gasteiger partial charge on any atom is 0.267 e. The van der Waals surface area contributed by atoms with E-state index in [1.165, 1.54) is 12.3 Å². The molecule has 1 unspecified atom stereocenters. The van der Waals surface area contributed by atoms with Crippen molar-refractivity contribution in [3.8, 4) is 0 Å². The van der Waals surface area contributed by atoms with E-state index < -0.39 is 25.0 Å². The molecular formula is C8H11F2N3O2. The smallest absolute Gasteiger partial charge is 0.267 e. The fourth-order valence-corrected chi connectivity index (χ4v) is 0.924. The summed E-state index contributed by atoms with van der Waals surface area (Å²) >= 11 is 0. The van der Waals surface area contributed by atoms with E-state index in [-0.39, 0.29) is 5.69 Å². The highest BCUT2D eigenvalue weighted by Crippen LogP contribution is 2.04. The molecule has 15 heavy (non-hydrogen) atoms. The number of hydrogen-bond donors (Lipinski definition) is 4. The quantitative estimate of drug-likeness (QED) is 0.572. The number of aliphatic hydroxyl groups is 1. The lowest BCUT2D eigenvalue weighted by molar-refractivity contribution is -0.00272. The zero-order valence-electron chi connectivity index (χ0n) is 7.71. The number of aromatic amines is 1. The molecule has 0 aliphatic heterocycles. The lowest BCUT2D eigenvalue weighted by Crippen LogP contribution is -2.35. The first-order chi connectivity index (χ1) is 7.00. The minimum atomic E-state index is -2.88. The van der Waals surface area contributed by atoms with E-state index in [4.69, 9.17) is 10.8 Å². The number of rotatable bonds is 4. The first-order valence-corrected chi connectivity index (χ1v) is 4.19. The van der Waals surface area contributed by atoms with E-state index in [0.29, 0.717) is 5.69 Å². The summed E-state index contributed by atoms with van der Waals surface area (Å²) in [4.78, 5) is 13.8. The zero-order valence-corrected chi connectivity index (χ0v) is 7.71. The van der Waals surface area contributed by atoms with Crippen LogP contribution in [0.1, 0.15) is 10.5 Å². The van der Waals surface area contributed by atoms with Crippen LogP contribution in [0.5, 0.6) is 0 Å². The third kappa shape index (κ3) is 3.21. The van der Waals surface area contributed by atoms with Crippen molar-refractivity contribution in [2.24, 2.45) is 0 Å². The highest BCUT2D eigenvalue weighted by atomic mass is 19.3. The number of anilines is 1. The van der Waals surface area contributed by atoms with Gasteiger partial charge in [-0.05, 0) is 6.07 Å². The van der Waals surface area contributed by atoms with Gasteiger partial charge in [-0.25, -0.2) is 8.78 Å². The summed E-state index contributed by atoms with van der Waals surface area (Å²) in [5.41, 5.74) is 5.87. The Bertz CT molecular complexity index is 340. The summed E-state index contributed by atoms with van der Waals surface area (Å²) < 4.78 is 23.7. The maximum atomic E-state index is 11.9. The van der Waals surface area contributed by atoms with Gasteiger partial charge in [0, 0.05) is 18.4 Å². The van der Waals surface area contributed by atoms with Gasteiger partial charge in [0.05, 0.1) is 0 Å². The molecule has 0 fully saturated rings. The Morgan fingerprint density at radius 1 is 1.67 bits per heavy atom. The van der Waals surface area contributed by atoms with Crippen molar-refractivity contribution in [3.05, 3.63) is 18.0 Å². The second kappa shape index (κ2) is 4.74. The van der Waals surface area contributed by atoms with E-state index in [1.807, 2.05) is 0 Å². The molecule has 1 rings (SSSR count). The van der Waals surface area contributed by atoms with Crippen molar-refractivity contribution in [3.63, 3.8) is 0 Å². The molecule has 84 valence electrons. The minimum absolute atomic E-state index is 0.161. The second-order valence-corrected chi connectivity index (χ2v) is 2.96. The summed E-state index contributed by atoms with van der Waals surface area (Å²) in [5.74, 6) is -0.591. The number of halogens is 2. The van der Waals surface area contributed by atoms with Gasteiger partial charge in [0.15, 0.2) is 0 Å². The summed E-state index contributed by atoms with van der Waals surface area (Å²) in [5, 5.41) is 10.9. The first-order valence-electron chi connectivity index (χ1n) is 4.19. The van der Waals surface area contributed by atoms with Gasteiger partial charge in [0.1, 0.15) is 11.8 Å². The van der Waals surface area contributed by atoms with E-state index in [0.717, 1.165) is 0 Å². The molecule has 5 nitrogen and oxygen atoms in total. The third-order valence-corrected chi connectivity index (χ3v) is 1.71. The minimum Gasteiger partial charge on any atom is -0.397 e. The number of H-pyrrole nitrogens is 1. The molecule has 0 radical (unpaired) electrons. The van der Waals surface area contributed by atoms with Gasteiger partial charge in [-0.2, -0.15) is 0 Å². The van der Waals surface area contributed by atoms with E-state index in [2.05, 4.69) is 10.3 Å². The molecule has 1 heterocycles. The van der Waals surface area contributed by atoms with Crippen LogP contribution in [-0.2, 0) is 0 Å². The van der Waals surface area contributed by atoms with Crippen LogP contribution in [0.3, 0.4) is 0 Å². The van der Waals surface area contributed by atoms with Gasteiger partial charge in [-0.15, -0.1) is 0 Å². The SMILES string of the molecule is Nc1c[nH]c(C(=O)NCC(O)C(F)F)c1. The number of carbonyl (C=O) groups is 1. The summed E-state index contributed by atoms with van der Waals surface area (Å²) in [6.45, 7) is -0.505. The van der Waals surface area contributed by atoms with Gasteiger partial charge >= 0.3 is 0 Å². The Hall–Kier alpha value is -1.63. The molecule has 0 saturated carbocycles. The Balaban J connectivity index is 2.43. The van der Waals surface area contributed by atoms with Crippen LogP contribution in [0.4, 0.5) is 14.5 Å². The van der Waals surface area contributed by atoms with Crippen molar-refractivity contribution in [2.45, 2.75) is 12.5 Å². The van der Waals surface area contributed by atoms with E-state index >= 15 is 0 Å². The van der Waals surface area contributed by atoms with Crippen LogP contribution in [0.25, 0.3) is 0 Å². The van der Waals surface area contributed by atoms with Crippen molar-refractivity contribution in [2.75, 3.05) is 12.3 Å². The average molecular weight is 219 g/mol. The van der Waals surface area contributed by atoms with Gasteiger partial charge in [-0.3, -0.25) is 4.79 Å². The Morgan fingerprint density at radius 2 is 2.33 bits per heavy atom. The van der Waals surface area contributed by atoms with Gasteiger partial charge < -0.3 is 21.1 Å². The molecule has 0 aliphatic rings. The Morgan fingerprint density at radius 3 is 2.80 bits per heavy atom. The van der Waals surface area contributed by atoms with Crippen molar-refractivity contribution in [1.29, 1.82) is 0 Å². The number of alkyl halides is 2. The van der Waals surface area contributed by atoms with Crippen molar-refractivity contribution < 1.29 is 18.7 Å². The number of aromatic nitrogens is 1. The number of carbonyl (C=O) groups excluding carboxylic acids is 1. The van der Waals surface area contributed by atoms with Gasteiger partial charge in [0.2, 0.25) is 0 Å². The largest absolute Gasteiger partial charge is 0.397 e. The number of amides is 1. The lowest BCUT2D eigenvalue weighted by Gasteiger charge is -2.09. The molecule has 1 aromatic rings. The third-order valence-electron chi connectivity index (χ3n) is 1.71. The molecule has 5 N–H and O–H groups in total.